The molecule has 1 atom stereocenters. The number of nitrogens with zero attached hydrogens (tertiary/aromatic N) is 1. The minimum Gasteiger partial charge on any atom is -0.352 e. The lowest BCUT2D eigenvalue weighted by Gasteiger charge is -2.18. The fraction of sp³-hybridized carbons (Fsp3) is 0.500. The maximum Gasteiger partial charge on any atom is 0.240 e. The summed E-state index contributed by atoms with van der Waals surface area (Å²) >= 11 is 0. The molecule has 0 aromatic heterocycles. The van der Waals surface area contributed by atoms with Gasteiger partial charge in [-0.25, -0.2) is 5.43 Å². The summed E-state index contributed by atoms with van der Waals surface area (Å²) < 4.78 is 0. The lowest BCUT2D eigenvalue weighted by atomic mass is 9.89. The van der Waals surface area contributed by atoms with Gasteiger partial charge in [0.2, 0.25) is 11.8 Å². The van der Waals surface area contributed by atoms with Gasteiger partial charge in [-0.1, -0.05) is 37.3 Å². The van der Waals surface area contributed by atoms with Crippen LogP contribution in [0.3, 0.4) is 0 Å². The molecule has 124 valence electrons. The zero-order valence-electron chi connectivity index (χ0n) is 13.7. The van der Waals surface area contributed by atoms with E-state index in [9.17, 15) is 9.59 Å². The number of rotatable bonds is 6. The number of amides is 2. The van der Waals surface area contributed by atoms with Gasteiger partial charge in [0.1, 0.15) is 0 Å². The number of carbonyl (C=O) groups excluding carboxylic acids is 2. The molecule has 5 heteroatoms. The third kappa shape index (κ3) is 6.63. The monoisotopic (exact) mass is 315 g/mol. The molecule has 1 aliphatic rings. The van der Waals surface area contributed by atoms with Gasteiger partial charge in [-0.15, -0.1) is 0 Å². The number of hydrazone groups is 1. The molecular formula is C18H25N3O2. The Morgan fingerprint density at radius 3 is 2.65 bits per heavy atom. The number of carbonyl (C=O) groups is 2. The van der Waals surface area contributed by atoms with Gasteiger partial charge in [0.05, 0.1) is 0 Å². The summed E-state index contributed by atoms with van der Waals surface area (Å²) in [7, 11) is 0. The Hall–Kier alpha value is -2.17. The quantitative estimate of drug-likeness (QED) is 0.792. The van der Waals surface area contributed by atoms with Crippen LogP contribution < -0.4 is 10.7 Å². The van der Waals surface area contributed by atoms with Crippen LogP contribution in [0.4, 0.5) is 0 Å². The molecule has 1 saturated carbocycles. The Kier molecular flexibility index (Phi) is 6.78. The summed E-state index contributed by atoms with van der Waals surface area (Å²) in [6.07, 6.45) is 4.62. The Bertz CT molecular complexity index is 555. The van der Waals surface area contributed by atoms with Gasteiger partial charge in [0.25, 0.3) is 0 Å². The van der Waals surface area contributed by atoms with Crippen molar-refractivity contribution < 1.29 is 9.59 Å². The van der Waals surface area contributed by atoms with E-state index in [1.807, 2.05) is 30.3 Å². The molecule has 0 radical (unpaired) electrons. The maximum atomic E-state index is 11.7. The highest BCUT2D eigenvalue weighted by Gasteiger charge is 2.14. The minimum atomic E-state index is -0.203. The third-order valence-corrected chi connectivity index (χ3v) is 4.00. The summed E-state index contributed by atoms with van der Waals surface area (Å²) in [5, 5.41) is 7.00. The smallest absolute Gasteiger partial charge is 0.240 e. The zero-order valence-corrected chi connectivity index (χ0v) is 13.7. The van der Waals surface area contributed by atoms with Crippen molar-refractivity contribution in [2.75, 3.05) is 0 Å². The summed E-state index contributed by atoms with van der Waals surface area (Å²) in [5.41, 5.74) is 4.68. The molecule has 23 heavy (non-hydrogen) atoms. The van der Waals surface area contributed by atoms with E-state index in [1.54, 1.807) is 0 Å². The van der Waals surface area contributed by atoms with Gasteiger partial charge >= 0.3 is 0 Å². The highest BCUT2D eigenvalue weighted by atomic mass is 16.2. The first-order valence-corrected chi connectivity index (χ1v) is 8.28. The van der Waals surface area contributed by atoms with Crippen molar-refractivity contribution in [3.63, 3.8) is 0 Å². The fourth-order valence-electron chi connectivity index (χ4n) is 2.67. The average molecular weight is 315 g/mol. The van der Waals surface area contributed by atoms with Crippen molar-refractivity contribution in [2.24, 2.45) is 11.0 Å². The van der Waals surface area contributed by atoms with E-state index in [0.717, 1.165) is 30.5 Å². The van der Waals surface area contributed by atoms with Gasteiger partial charge in [-0.2, -0.15) is 5.10 Å². The van der Waals surface area contributed by atoms with Crippen LogP contribution in [0.5, 0.6) is 0 Å². The van der Waals surface area contributed by atoms with Crippen LogP contribution in [-0.2, 0) is 16.1 Å². The normalized spacial score (nSPS) is 19.3. The van der Waals surface area contributed by atoms with E-state index >= 15 is 0 Å². The second-order valence-electron chi connectivity index (χ2n) is 6.18. The van der Waals surface area contributed by atoms with Crippen LogP contribution in [0, 0.1) is 5.92 Å². The van der Waals surface area contributed by atoms with Gasteiger partial charge in [-0.05, 0) is 37.2 Å². The number of hydrogen-bond donors (Lipinski definition) is 2. The first kappa shape index (κ1) is 17.2. The van der Waals surface area contributed by atoms with E-state index in [1.165, 1.54) is 6.42 Å². The van der Waals surface area contributed by atoms with Crippen molar-refractivity contribution in [3.05, 3.63) is 35.9 Å². The lowest BCUT2D eigenvalue weighted by Crippen LogP contribution is -2.26. The molecule has 1 aromatic carbocycles. The second-order valence-corrected chi connectivity index (χ2v) is 6.18. The summed E-state index contributed by atoms with van der Waals surface area (Å²) in [6, 6.07) is 9.70. The first-order valence-electron chi connectivity index (χ1n) is 8.28. The molecule has 1 aliphatic carbocycles. The summed E-state index contributed by atoms with van der Waals surface area (Å²) in [5.74, 6) is 0.316. The molecule has 2 rings (SSSR count). The lowest BCUT2D eigenvalue weighted by molar-refractivity contribution is -0.126. The molecule has 2 amide bonds. The number of benzene rings is 1. The Balaban J connectivity index is 1.63. The van der Waals surface area contributed by atoms with Crippen molar-refractivity contribution in [1.29, 1.82) is 0 Å². The SMILES string of the molecule is CC1CCC/C(=N/NC(=O)CCC(=O)NCc2ccccc2)C1. The molecule has 0 spiro atoms. The van der Waals surface area contributed by atoms with E-state index < -0.39 is 0 Å². The fourth-order valence-corrected chi connectivity index (χ4v) is 2.67. The van der Waals surface area contributed by atoms with E-state index in [0.29, 0.717) is 12.5 Å². The van der Waals surface area contributed by atoms with Crippen molar-refractivity contribution in [2.45, 2.75) is 52.0 Å². The summed E-state index contributed by atoms with van der Waals surface area (Å²) in [4.78, 5) is 23.5. The minimum absolute atomic E-state index is 0.122. The first-order chi connectivity index (χ1) is 11.1. The molecule has 0 bridgehead atoms. The van der Waals surface area contributed by atoms with Crippen LogP contribution in [0.15, 0.2) is 35.4 Å². The van der Waals surface area contributed by atoms with Crippen LogP contribution in [0.25, 0.3) is 0 Å². The molecule has 5 nitrogen and oxygen atoms in total. The van der Waals surface area contributed by atoms with Crippen LogP contribution in [-0.4, -0.2) is 17.5 Å². The summed E-state index contributed by atoms with van der Waals surface area (Å²) in [6.45, 7) is 2.69. The number of hydrogen-bond acceptors (Lipinski definition) is 3. The number of nitrogens with one attached hydrogen (secondary N) is 2. The molecule has 0 aliphatic heterocycles. The average Bonchev–Trinajstić information content (AvgIpc) is 2.57. The largest absolute Gasteiger partial charge is 0.352 e. The zero-order chi connectivity index (χ0) is 16.5. The molecule has 1 unspecified atom stereocenters. The Labute approximate surface area is 137 Å². The maximum absolute atomic E-state index is 11.7. The molecular weight excluding hydrogens is 290 g/mol. The van der Waals surface area contributed by atoms with Crippen LogP contribution in [0.2, 0.25) is 0 Å². The molecule has 2 N–H and O–H groups in total. The van der Waals surface area contributed by atoms with E-state index in [2.05, 4.69) is 22.8 Å². The highest BCUT2D eigenvalue weighted by Crippen LogP contribution is 2.20. The van der Waals surface area contributed by atoms with Crippen molar-refractivity contribution >= 4 is 17.5 Å². The van der Waals surface area contributed by atoms with E-state index in [4.69, 9.17) is 0 Å². The predicted molar refractivity (Wildman–Crippen MR) is 90.7 cm³/mol. The van der Waals surface area contributed by atoms with Gasteiger partial charge in [0, 0.05) is 25.1 Å². The molecule has 1 fully saturated rings. The predicted octanol–water partition coefficient (Wildman–Crippen LogP) is 2.77. The Morgan fingerprint density at radius 1 is 1.17 bits per heavy atom. The highest BCUT2D eigenvalue weighted by molar-refractivity contribution is 5.88. The second kappa shape index (κ2) is 9.08. The topological polar surface area (TPSA) is 70.6 Å². The standard InChI is InChI=1S/C18H25N3O2/c1-14-6-5-9-16(12-14)20-21-18(23)11-10-17(22)19-13-15-7-3-2-4-8-15/h2-4,7-8,14H,5-6,9-13H2,1H3,(H,19,22)(H,21,23)/b20-16-. The van der Waals surface area contributed by atoms with Gasteiger partial charge < -0.3 is 5.32 Å². The molecule has 0 heterocycles. The van der Waals surface area contributed by atoms with Crippen molar-refractivity contribution in [1.82, 2.24) is 10.7 Å². The third-order valence-electron chi connectivity index (χ3n) is 4.00. The Morgan fingerprint density at radius 2 is 1.91 bits per heavy atom. The van der Waals surface area contributed by atoms with Crippen molar-refractivity contribution in [3.8, 4) is 0 Å². The molecule has 1 aromatic rings. The van der Waals surface area contributed by atoms with Gasteiger partial charge in [0.15, 0.2) is 0 Å². The van der Waals surface area contributed by atoms with E-state index in [-0.39, 0.29) is 24.7 Å². The van der Waals surface area contributed by atoms with Crippen LogP contribution >= 0.6 is 0 Å². The van der Waals surface area contributed by atoms with Crippen LogP contribution in [0.1, 0.15) is 51.0 Å². The molecule has 0 saturated heterocycles. The van der Waals surface area contributed by atoms with Gasteiger partial charge in [-0.3, -0.25) is 9.59 Å².